The van der Waals surface area contributed by atoms with Crippen LogP contribution in [0.2, 0.25) is 0 Å². The Morgan fingerprint density at radius 1 is 0.966 bits per heavy atom. The lowest BCUT2D eigenvalue weighted by Crippen LogP contribution is -2.46. The molecule has 0 radical (unpaired) electrons. The predicted molar refractivity (Wildman–Crippen MR) is 214 cm³/mol. The number of esters is 1. The maximum absolute atomic E-state index is 14.8. The molecule has 4 bridgehead atoms. The maximum Gasteiger partial charge on any atom is 0.315 e. The molecule has 15 nitrogen and oxygen atoms in total. The Balaban J connectivity index is 1.58. The van der Waals surface area contributed by atoms with Crippen LogP contribution in [0.3, 0.4) is 0 Å². The highest BCUT2D eigenvalue weighted by atomic mass is 16.7. The third-order valence-electron chi connectivity index (χ3n) is 12.5. The second-order valence-electron chi connectivity index (χ2n) is 16.5. The first kappa shape index (κ1) is 42.8. The number of aliphatic hydroxyl groups is 3. The Kier molecular flexibility index (Phi) is 11.9. The van der Waals surface area contributed by atoms with Crippen molar-refractivity contribution in [3.63, 3.8) is 0 Å². The summed E-state index contributed by atoms with van der Waals surface area (Å²) in [5.74, 6) is -7.56. The van der Waals surface area contributed by atoms with Gasteiger partial charge in [-0.2, -0.15) is 0 Å². The standard InChI is InChI=1S/C43H56N4O11/c1-10-43-40(54)30-28-29(36(52)25(7)39(30)58-43)37(53)33(32-31(28)45-42(46-32)15-17-47(9)18-16-42)44-41(55)21(3)13-11-12-20(2)34(50)23(5)35(51)24(6)38(57-26(8)48)22(4)27(49)14-19-56-43/h11-14,19-20,22-24,27,34-35,38,45,49-53H,10,15-18H2,1-9H3/b12-11+,19-14+,21-13-,44-33?/t20-,22+,23+,24+,27-,34-,35+,38+,43-/m0/s1. The van der Waals surface area contributed by atoms with Crippen molar-refractivity contribution in [2.45, 2.75) is 111 Å². The van der Waals surface area contributed by atoms with E-state index in [2.05, 4.69) is 15.2 Å². The Morgan fingerprint density at radius 2 is 1.64 bits per heavy atom. The van der Waals surface area contributed by atoms with Gasteiger partial charge in [-0.1, -0.05) is 52.8 Å². The summed E-state index contributed by atoms with van der Waals surface area (Å²) in [6, 6.07) is 0. The third kappa shape index (κ3) is 7.37. The number of hydrogen-bond acceptors (Lipinski definition) is 14. The van der Waals surface area contributed by atoms with Crippen molar-refractivity contribution in [2.75, 3.05) is 25.5 Å². The van der Waals surface area contributed by atoms with Gasteiger partial charge in [-0.15, -0.1) is 0 Å². The molecule has 4 aliphatic heterocycles. The van der Waals surface area contributed by atoms with E-state index in [1.165, 1.54) is 26.0 Å². The van der Waals surface area contributed by atoms with Crippen molar-refractivity contribution in [3.8, 4) is 17.2 Å². The van der Waals surface area contributed by atoms with Gasteiger partial charge in [0.1, 0.15) is 34.0 Å². The molecule has 1 fully saturated rings. The molecule has 4 heterocycles. The molecule has 2 aromatic rings. The number of carbonyl (C=O) groups excluding carboxylic acids is 3. The van der Waals surface area contributed by atoms with Gasteiger partial charge in [-0.05, 0) is 27.0 Å². The maximum atomic E-state index is 14.8. The summed E-state index contributed by atoms with van der Waals surface area (Å²) in [6.45, 7) is 14.1. The zero-order chi connectivity index (χ0) is 42.6. The minimum absolute atomic E-state index is 0.0135. The minimum atomic E-state index is -1.96. The van der Waals surface area contributed by atoms with Gasteiger partial charge in [0.2, 0.25) is 0 Å². The molecule has 314 valence electrons. The number of likely N-dealkylation sites (tertiary alicyclic amines) is 1. The fourth-order valence-corrected chi connectivity index (χ4v) is 8.55. The van der Waals surface area contributed by atoms with Crippen molar-refractivity contribution >= 4 is 34.1 Å². The summed E-state index contributed by atoms with van der Waals surface area (Å²) in [5, 5.41) is 61.4. The van der Waals surface area contributed by atoms with Crippen LogP contribution in [0.25, 0.3) is 10.8 Å². The molecular formula is C43H56N4O11. The number of aromatic hydroxyl groups is 2. The number of fused-ring (bicyclic) bond motifs is 1. The van der Waals surface area contributed by atoms with Crippen molar-refractivity contribution in [3.05, 3.63) is 58.0 Å². The molecule has 0 aliphatic carbocycles. The number of nitrogens with zero attached hydrogens (tertiary/aromatic N) is 3. The highest BCUT2D eigenvalue weighted by molar-refractivity contribution is 6.21. The second-order valence-corrected chi connectivity index (χ2v) is 16.5. The number of benzene rings is 2. The zero-order valence-corrected chi connectivity index (χ0v) is 34.6. The fourth-order valence-electron chi connectivity index (χ4n) is 8.55. The average molecular weight is 805 g/mol. The lowest BCUT2D eigenvalue weighted by molar-refractivity contribution is -0.160. The van der Waals surface area contributed by atoms with Crippen molar-refractivity contribution in [1.29, 1.82) is 0 Å². The number of aliphatic hydroxyl groups excluding tert-OH is 3. The number of anilines is 1. The van der Waals surface area contributed by atoms with Crippen LogP contribution in [-0.4, -0.2) is 104 Å². The number of ketones is 1. The molecule has 1 saturated heterocycles. The Hall–Kier alpha value is -4.83. The molecule has 0 saturated carbocycles. The number of allylic oxidation sites excluding steroid dienone is 2. The number of piperidine rings is 1. The van der Waals surface area contributed by atoms with Gasteiger partial charge < -0.3 is 50.0 Å². The minimum Gasteiger partial charge on any atom is -0.507 e. The lowest BCUT2D eigenvalue weighted by Gasteiger charge is -2.37. The quantitative estimate of drug-likeness (QED) is 0.190. The second kappa shape index (κ2) is 16.1. The first-order valence-electron chi connectivity index (χ1n) is 20.0. The average Bonchev–Trinajstić information content (AvgIpc) is 3.71. The summed E-state index contributed by atoms with van der Waals surface area (Å²) in [6.07, 6.45) is 3.79. The van der Waals surface area contributed by atoms with Gasteiger partial charge >= 0.3 is 11.8 Å². The summed E-state index contributed by atoms with van der Waals surface area (Å²) in [7, 11) is 2.00. The van der Waals surface area contributed by atoms with Gasteiger partial charge in [0.25, 0.3) is 11.7 Å². The molecule has 6 rings (SSSR count). The Morgan fingerprint density at radius 3 is 2.28 bits per heavy atom. The van der Waals surface area contributed by atoms with E-state index in [0.717, 1.165) is 6.26 Å². The molecule has 2 aromatic carbocycles. The molecular weight excluding hydrogens is 748 g/mol. The van der Waals surface area contributed by atoms with E-state index in [9.17, 15) is 39.9 Å². The molecule has 15 heteroatoms. The van der Waals surface area contributed by atoms with E-state index in [1.54, 1.807) is 53.7 Å². The number of ether oxygens (including phenoxy) is 3. The first-order chi connectivity index (χ1) is 27.3. The number of Topliss-reactive ketones (excluding diaryl/α,β-unsaturated/α-hetero) is 1. The molecule has 4 aliphatic rings. The summed E-state index contributed by atoms with van der Waals surface area (Å²) < 4.78 is 18.1. The van der Waals surface area contributed by atoms with Crippen LogP contribution < -0.4 is 20.8 Å². The number of rotatable bonds is 2. The van der Waals surface area contributed by atoms with E-state index >= 15 is 0 Å². The third-order valence-corrected chi connectivity index (χ3v) is 12.5. The lowest BCUT2D eigenvalue weighted by atomic mass is 9.78. The largest absolute Gasteiger partial charge is 0.507 e. The van der Waals surface area contributed by atoms with E-state index in [4.69, 9.17) is 19.2 Å². The van der Waals surface area contributed by atoms with E-state index < -0.39 is 82.9 Å². The summed E-state index contributed by atoms with van der Waals surface area (Å²) in [5.41, 5.74) is -0.189. The van der Waals surface area contributed by atoms with Crippen LogP contribution in [0, 0.1) is 30.6 Å². The summed E-state index contributed by atoms with van der Waals surface area (Å²) >= 11 is 0. The van der Waals surface area contributed by atoms with Crippen LogP contribution in [0.1, 0.15) is 83.7 Å². The van der Waals surface area contributed by atoms with Crippen molar-refractivity contribution in [2.24, 2.45) is 33.7 Å². The van der Waals surface area contributed by atoms with Gasteiger partial charge in [-0.25, -0.2) is 4.99 Å². The van der Waals surface area contributed by atoms with Gasteiger partial charge in [0, 0.05) is 79.5 Å². The molecule has 1 spiro atoms. The molecule has 0 aromatic heterocycles. The predicted octanol–water partition coefficient (Wildman–Crippen LogP) is 3.46. The van der Waals surface area contributed by atoms with Gasteiger partial charge in [0.15, 0.2) is 5.75 Å². The fraction of sp³-hybridized carbons (Fsp3) is 0.558. The van der Waals surface area contributed by atoms with Gasteiger partial charge in [-0.3, -0.25) is 19.4 Å². The molecule has 6 N–H and O–H groups in total. The number of phenolic OH excluding ortho intramolecular Hbond substituents is 2. The van der Waals surface area contributed by atoms with Crippen LogP contribution in [-0.2, 0) is 19.1 Å². The smallest absolute Gasteiger partial charge is 0.315 e. The first-order valence-corrected chi connectivity index (χ1v) is 20.0. The zero-order valence-electron chi connectivity index (χ0n) is 34.6. The Labute approximate surface area is 337 Å². The van der Waals surface area contributed by atoms with Crippen LogP contribution >= 0.6 is 0 Å². The van der Waals surface area contributed by atoms with E-state index in [0.29, 0.717) is 31.6 Å². The van der Waals surface area contributed by atoms with Crippen molar-refractivity contribution in [1.82, 2.24) is 4.90 Å². The number of amides is 1. The highest BCUT2D eigenvalue weighted by Gasteiger charge is 2.52. The van der Waals surface area contributed by atoms with E-state index in [1.807, 2.05) is 7.05 Å². The summed E-state index contributed by atoms with van der Waals surface area (Å²) in [4.78, 5) is 52.4. The van der Waals surface area contributed by atoms with Crippen LogP contribution in [0.4, 0.5) is 5.69 Å². The van der Waals surface area contributed by atoms with Crippen LogP contribution in [0.5, 0.6) is 17.2 Å². The molecule has 9 atom stereocenters. The monoisotopic (exact) mass is 804 g/mol. The normalized spacial score (nSPS) is 33.6. The number of hydrogen-bond donors (Lipinski definition) is 6. The van der Waals surface area contributed by atoms with E-state index in [-0.39, 0.29) is 56.1 Å². The van der Waals surface area contributed by atoms with Crippen molar-refractivity contribution < 1.29 is 54.1 Å². The molecule has 0 unspecified atom stereocenters. The number of phenols is 2. The highest BCUT2D eigenvalue weighted by Crippen LogP contribution is 2.52. The number of carbonyl (C=O) groups is 3. The van der Waals surface area contributed by atoms with Gasteiger partial charge in [0.05, 0.1) is 41.2 Å². The number of nitrogens with one attached hydrogen (secondary N) is 1. The van der Waals surface area contributed by atoms with Crippen LogP contribution in [0.15, 0.2) is 46.1 Å². The SMILES string of the molecule is CC[C@@]12O/C=C/[C@H](O)[C@@H](C)[C@@H](OC(C)=O)[C@H](C)[C@H](O)[C@H](C)[C@@H](O)[C@@H](C)/C=C/C=C(/C)C(=O)N=c3c(O)c4c(O)c(C)c(c(c4c4c3=NC3(CCN(C)CC3)N4)C1=O)O2. The Bertz CT molecular complexity index is 2230. The molecule has 58 heavy (non-hydrogen) atoms. The topological polar surface area (TPSA) is 220 Å². The molecule has 1 amide bonds.